The van der Waals surface area contributed by atoms with E-state index in [0.29, 0.717) is 11.4 Å². The van der Waals surface area contributed by atoms with Crippen LogP contribution in [0.1, 0.15) is 48.7 Å². The second-order valence-electron chi connectivity index (χ2n) is 10.5. The first-order chi connectivity index (χ1) is 22.8. The lowest BCUT2D eigenvalue weighted by Crippen LogP contribution is -2.41. The molecule has 2 N–H and O–H groups in total. The number of nitrogens with two attached hydrogens (primary N) is 1. The largest absolute Gasteiger partial charge is 0.459 e. The van der Waals surface area contributed by atoms with Crippen LogP contribution in [0.3, 0.4) is 0 Å². The number of halogens is 1. The van der Waals surface area contributed by atoms with Crippen LogP contribution >= 0.6 is 15.9 Å². The van der Waals surface area contributed by atoms with Crippen LogP contribution in [0.4, 0.5) is 5.82 Å². The minimum absolute atomic E-state index is 0.0553. The van der Waals surface area contributed by atoms with E-state index >= 15 is 0 Å². The van der Waals surface area contributed by atoms with Crippen molar-refractivity contribution in [1.82, 2.24) is 14.5 Å². The fourth-order valence-electron chi connectivity index (χ4n) is 5.31. The maximum atomic E-state index is 13.5. The standard InChI is InChI=1S/C34H26BrN5O7/c1-19-38-29(37)25-23(17-36)28(35)40(30(25)39-19)31-27(47-34(43)22-15-9-4-10-16-22)26(46-33(42)21-13-7-3-8-14-21)24(45-31)18-44-32(41)20-11-5-2-6-12-20/h2-16,24,26-27,31H,18H2,1H3,(H2,37,38,39)/t24-,26-,27-,31-/m1/s1. The Morgan fingerprint density at radius 3 is 1.89 bits per heavy atom. The van der Waals surface area contributed by atoms with Crippen molar-refractivity contribution in [1.29, 1.82) is 5.26 Å². The van der Waals surface area contributed by atoms with Gasteiger partial charge in [0.2, 0.25) is 0 Å². The lowest BCUT2D eigenvalue weighted by molar-refractivity contribution is -0.0612. The number of benzene rings is 3. The third-order valence-electron chi connectivity index (χ3n) is 7.47. The number of rotatable bonds is 8. The van der Waals surface area contributed by atoms with Gasteiger partial charge in [-0.25, -0.2) is 24.4 Å². The van der Waals surface area contributed by atoms with Crippen molar-refractivity contribution in [2.75, 3.05) is 12.3 Å². The zero-order chi connectivity index (χ0) is 33.1. The van der Waals surface area contributed by atoms with E-state index in [1.165, 1.54) is 4.57 Å². The molecule has 0 unspecified atom stereocenters. The fraction of sp³-hybridized carbons (Fsp3) is 0.176. The number of ether oxygens (including phenoxy) is 4. The van der Waals surface area contributed by atoms with Gasteiger partial charge >= 0.3 is 17.9 Å². The highest BCUT2D eigenvalue weighted by molar-refractivity contribution is 9.10. The smallest absolute Gasteiger partial charge is 0.338 e. The summed E-state index contributed by atoms with van der Waals surface area (Å²) in [5.74, 6) is -1.73. The summed E-state index contributed by atoms with van der Waals surface area (Å²) in [5, 5.41) is 10.3. The summed E-state index contributed by atoms with van der Waals surface area (Å²) in [6, 6.07) is 26.9. The number of esters is 3. The summed E-state index contributed by atoms with van der Waals surface area (Å²) < 4.78 is 25.8. The monoisotopic (exact) mass is 695 g/mol. The van der Waals surface area contributed by atoms with Gasteiger partial charge in [0.1, 0.15) is 40.7 Å². The third kappa shape index (κ3) is 6.29. The number of hydrogen-bond acceptors (Lipinski definition) is 11. The zero-order valence-electron chi connectivity index (χ0n) is 24.8. The second kappa shape index (κ2) is 13.4. The molecule has 1 fully saturated rings. The Hall–Kier alpha value is -5.58. The van der Waals surface area contributed by atoms with Gasteiger partial charge in [0.05, 0.1) is 27.6 Å². The van der Waals surface area contributed by atoms with Crippen LogP contribution in [0.25, 0.3) is 11.0 Å². The highest BCUT2D eigenvalue weighted by atomic mass is 79.9. The van der Waals surface area contributed by atoms with Crippen LogP contribution < -0.4 is 5.73 Å². The summed E-state index contributed by atoms with van der Waals surface area (Å²) in [6.07, 6.45) is -5.00. The van der Waals surface area contributed by atoms with Crippen LogP contribution in [0, 0.1) is 18.3 Å². The summed E-state index contributed by atoms with van der Waals surface area (Å²) in [7, 11) is 0. The summed E-state index contributed by atoms with van der Waals surface area (Å²) in [6.45, 7) is 1.25. The van der Waals surface area contributed by atoms with E-state index in [2.05, 4.69) is 32.0 Å². The van der Waals surface area contributed by atoms with Gasteiger partial charge < -0.3 is 24.7 Å². The van der Waals surface area contributed by atoms with E-state index < -0.39 is 42.4 Å². The number of anilines is 1. The predicted octanol–water partition coefficient (Wildman–Crippen LogP) is 5.16. The molecule has 0 aliphatic carbocycles. The van der Waals surface area contributed by atoms with Crippen LogP contribution in [0.15, 0.2) is 95.6 Å². The van der Waals surface area contributed by atoms with Crippen molar-refractivity contribution in [2.24, 2.45) is 0 Å². The van der Waals surface area contributed by atoms with E-state index in [-0.39, 0.29) is 44.8 Å². The maximum Gasteiger partial charge on any atom is 0.338 e. The molecule has 0 saturated carbocycles. The molecule has 5 aromatic rings. The van der Waals surface area contributed by atoms with Gasteiger partial charge in [-0.15, -0.1) is 0 Å². The first-order valence-corrected chi connectivity index (χ1v) is 15.2. The summed E-state index contributed by atoms with van der Waals surface area (Å²) in [4.78, 5) is 48.7. The van der Waals surface area contributed by atoms with Crippen molar-refractivity contribution < 1.29 is 33.3 Å². The van der Waals surface area contributed by atoms with Crippen LogP contribution in [-0.2, 0) is 18.9 Å². The first kappa shape index (κ1) is 31.4. The molecule has 236 valence electrons. The van der Waals surface area contributed by atoms with Gasteiger partial charge in [-0.1, -0.05) is 54.6 Å². The van der Waals surface area contributed by atoms with Crippen molar-refractivity contribution >= 4 is 50.7 Å². The van der Waals surface area contributed by atoms with E-state index in [4.69, 9.17) is 24.7 Å². The molecule has 4 atom stereocenters. The molecule has 12 nitrogen and oxygen atoms in total. The van der Waals surface area contributed by atoms with Crippen molar-refractivity contribution in [3.05, 3.63) is 124 Å². The topological polar surface area (TPSA) is 169 Å². The van der Waals surface area contributed by atoms with Crippen LogP contribution in [0.2, 0.25) is 0 Å². The molecule has 0 radical (unpaired) electrons. The Labute approximate surface area is 276 Å². The number of carbonyl (C=O) groups is 3. The molecule has 6 rings (SSSR count). The van der Waals surface area contributed by atoms with Crippen LogP contribution in [0.5, 0.6) is 0 Å². The summed E-state index contributed by atoms with van der Waals surface area (Å²) in [5.41, 5.74) is 7.33. The Balaban J connectivity index is 1.45. The molecule has 2 aromatic heterocycles. The number of nitriles is 1. The van der Waals surface area contributed by atoms with E-state index in [1.54, 1.807) is 97.9 Å². The average molecular weight is 697 g/mol. The van der Waals surface area contributed by atoms with E-state index in [9.17, 15) is 19.6 Å². The van der Waals surface area contributed by atoms with Crippen molar-refractivity contribution in [3.8, 4) is 6.07 Å². The molecular formula is C34H26BrN5O7. The number of fused-ring (bicyclic) bond motifs is 1. The number of nitrogens with zero attached hydrogens (tertiary/aromatic N) is 4. The van der Waals surface area contributed by atoms with Gasteiger partial charge in [-0.3, -0.25) is 4.57 Å². The van der Waals surface area contributed by atoms with E-state index in [0.717, 1.165) is 0 Å². The van der Waals surface area contributed by atoms with Gasteiger partial charge in [0, 0.05) is 0 Å². The number of aromatic nitrogens is 3. The molecular weight excluding hydrogens is 670 g/mol. The number of hydrogen-bond donors (Lipinski definition) is 1. The highest BCUT2D eigenvalue weighted by Gasteiger charge is 2.52. The maximum absolute atomic E-state index is 13.5. The number of nitrogen functional groups attached to an aromatic ring is 1. The Morgan fingerprint density at radius 2 is 1.36 bits per heavy atom. The van der Waals surface area contributed by atoms with Crippen molar-refractivity contribution in [3.63, 3.8) is 0 Å². The molecule has 3 aromatic carbocycles. The molecule has 47 heavy (non-hydrogen) atoms. The third-order valence-corrected chi connectivity index (χ3v) is 8.25. The number of aryl methyl sites for hydroxylation is 1. The quantitative estimate of drug-likeness (QED) is 0.168. The SMILES string of the molecule is Cc1nc(N)c2c(C#N)c(Br)n([C@@H]3O[C@H](COC(=O)c4ccccc4)[C@@H](OC(=O)c4ccccc4)[C@H]3OC(=O)c3ccccc3)c2n1. The Kier molecular flexibility index (Phi) is 8.97. The summed E-state index contributed by atoms with van der Waals surface area (Å²) >= 11 is 3.49. The lowest BCUT2D eigenvalue weighted by Gasteiger charge is -2.25. The molecule has 1 aliphatic rings. The molecule has 0 spiro atoms. The minimum Gasteiger partial charge on any atom is -0.459 e. The van der Waals surface area contributed by atoms with Crippen LogP contribution in [-0.4, -0.2) is 57.4 Å². The normalized spacial score (nSPS) is 18.7. The lowest BCUT2D eigenvalue weighted by atomic mass is 10.1. The fourth-order valence-corrected chi connectivity index (χ4v) is 5.97. The molecule has 0 bridgehead atoms. The molecule has 3 heterocycles. The minimum atomic E-state index is -1.33. The second-order valence-corrected chi connectivity index (χ2v) is 11.3. The molecule has 1 saturated heterocycles. The van der Waals surface area contributed by atoms with Crippen molar-refractivity contribution in [2.45, 2.75) is 31.5 Å². The van der Waals surface area contributed by atoms with Gasteiger partial charge in [0.25, 0.3) is 0 Å². The predicted molar refractivity (Wildman–Crippen MR) is 171 cm³/mol. The molecule has 0 amide bonds. The first-order valence-electron chi connectivity index (χ1n) is 14.4. The van der Waals surface area contributed by atoms with E-state index in [1.807, 2.05) is 0 Å². The Morgan fingerprint density at radius 1 is 0.851 bits per heavy atom. The van der Waals surface area contributed by atoms with Gasteiger partial charge in [-0.05, 0) is 59.3 Å². The Bertz CT molecular complexity index is 2000. The van der Waals surface area contributed by atoms with Gasteiger partial charge in [0.15, 0.2) is 18.4 Å². The highest BCUT2D eigenvalue weighted by Crippen LogP contribution is 2.42. The molecule has 1 aliphatic heterocycles. The average Bonchev–Trinajstić information content (AvgIpc) is 3.56. The number of carbonyl (C=O) groups excluding carboxylic acids is 3. The van der Waals surface area contributed by atoms with Gasteiger partial charge in [-0.2, -0.15) is 5.26 Å². The molecule has 13 heteroatoms. The zero-order valence-corrected chi connectivity index (χ0v) is 26.4.